The minimum absolute atomic E-state index is 0.0245. The number of aldehydes is 1. The van der Waals surface area contributed by atoms with Gasteiger partial charge in [-0.2, -0.15) is 0 Å². The molecule has 0 fully saturated rings. The van der Waals surface area contributed by atoms with Gasteiger partial charge in [-0.3, -0.25) is 4.79 Å². The molecule has 2 aromatic carbocycles. The van der Waals surface area contributed by atoms with Crippen LogP contribution in [0.3, 0.4) is 0 Å². The van der Waals surface area contributed by atoms with Crippen LogP contribution >= 0.6 is 0 Å². The predicted molar refractivity (Wildman–Crippen MR) is 83.4 cm³/mol. The average molecular weight is 310 g/mol. The smallest absolute Gasteiger partial charge is 0.373 e. The van der Waals surface area contributed by atoms with Crippen LogP contribution in [-0.4, -0.2) is 19.4 Å². The second kappa shape index (κ2) is 6.36. The normalized spacial score (nSPS) is 11.9. The zero-order chi connectivity index (χ0) is 16.2. The number of ether oxygens (including phenoxy) is 2. The highest BCUT2D eigenvalue weighted by molar-refractivity contribution is 5.86. The molecule has 0 radical (unpaired) electrons. The van der Waals surface area contributed by atoms with Crippen molar-refractivity contribution in [2.75, 3.05) is 7.11 Å². The summed E-state index contributed by atoms with van der Waals surface area (Å²) in [6.07, 6.45) is -0.315. The molecule has 1 aromatic heterocycles. The van der Waals surface area contributed by atoms with E-state index in [4.69, 9.17) is 9.15 Å². The van der Waals surface area contributed by atoms with Gasteiger partial charge < -0.3 is 13.9 Å². The van der Waals surface area contributed by atoms with Crippen molar-refractivity contribution in [2.24, 2.45) is 0 Å². The van der Waals surface area contributed by atoms with Crippen LogP contribution in [0, 0.1) is 0 Å². The van der Waals surface area contributed by atoms with Gasteiger partial charge in [-0.05, 0) is 35.0 Å². The SMILES string of the molecule is COC(=O)c1ccc(C(C=O)Oc2ccc3ccccc3c2)o1. The van der Waals surface area contributed by atoms with E-state index in [1.54, 1.807) is 6.07 Å². The van der Waals surface area contributed by atoms with Gasteiger partial charge in [0.25, 0.3) is 0 Å². The first-order chi connectivity index (χ1) is 11.2. The Morgan fingerprint density at radius 2 is 1.87 bits per heavy atom. The lowest BCUT2D eigenvalue weighted by Gasteiger charge is -2.12. The molecule has 0 spiro atoms. The highest BCUT2D eigenvalue weighted by atomic mass is 16.5. The van der Waals surface area contributed by atoms with Gasteiger partial charge >= 0.3 is 5.97 Å². The fraction of sp³-hybridized carbons (Fsp3) is 0.111. The predicted octanol–water partition coefficient (Wildman–Crippen LogP) is 3.54. The third-order valence-corrected chi connectivity index (χ3v) is 3.40. The Bertz CT molecular complexity index is 849. The van der Waals surface area contributed by atoms with E-state index in [0.29, 0.717) is 12.0 Å². The fourth-order valence-corrected chi connectivity index (χ4v) is 2.26. The van der Waals surface area contributed by atoms with E-state index in [2.05, 4.69) is 4.74 Å². The molecule has 0 amide bonds. The standard InChI is InChI=1S/C18H14O5/c1-21-18(20)16-9-8-15(23-16)17(11-19)22-14-7-6-12-4-2-3-5-13(12)10-14/h2-11,17H,1H3. The van der Waals surface area contributed by atoms with Crippen LogP contribution in [-0.2, 0) is 9.53 Å². The minimum Gasteiger partial charge on any atom is -0.475 e. The van der Waals surface area contributed by atoms with E-state index in [-0.39, 0.29) is 11.5 Å². The van der Waals surface area contributed by atoms with E-state index in [9.17, 15) is 9.59 Å². The van der Waals surface area contributed by atoms with Crippen molar-refractivity contribution in [1.29, 1.82) is 0 Å². The largest absolute Gasteiger partial charge is 0.475 e. The summed E-state index contributed by atoms with van der Waals surface area (Å²) in [7, 11) is 1.26. The Morgan fingerprint density at radius 1 is 1.09 bits per heavy atom. The number of esters is 1. The van der Waals surface area contributed by atoms with E-state index >= 15 is 0 Å². The van der Waals surface area contributed by atoms with Gasteiger partial charge in [-0.15, -0.1) is 0 Å². The van der Waals surface area contributed by atoms with Crippen LogP contribution < -0.4 is 4.74 Å². The number of carbonyl (C=O) groups is 2. The van der Waals surface area contributed by atoms with Crippen LogP contribution in [0.15, 0.2) is 59.0 Å². The first-order valence-electron chi connectivity index (χ1n) is 7.00. The molecule has 0 bridgehead atoms. The number of furan rings is 1. The molecule has 1 unspecified atom stereocenters. The summed E-state index contributed by atoms with van der Waals surface area (Å²) in [6.45, 7) is 0. The number of methoxy groups -OCH3 is 1. The lowest BCUT2D eigenvalue weighted by atomic mass is 10.1. The number of hydrogen-bond acceptors (Lipinski definition) is 5. The third-order valence-electron chi connectivity index (χ3n) is 3.40. The number of carbonyl (C=O) groups excluding carboxylic acids is 2. The van der Waals surface area contributed by atoms with Crippen molar-refractivity contribution in [3.05, 3.63) is 66.1 Å². The maximum atomic E-state index is 11.4. The zero-order valence-electron chi connectivity index (χ0n) is 12.4. The summed E-state index contributed by atoms with van der Waals surface area (Å²) in [4.78, 5) is 22.7. The fourth-order valence-electron chi connectivity index (χ4n) is 2.26. The minimum atomic E-state index is -0.936. The molecule has 0 saturated carbocycles. The highest BCUT2D eigenvalue weighted by Crippen LogP contribution is 2.26. The quantitative estimate of drug-likeness (QED) is 0.532. The summed E-state index contributed by atoms with van der Waals surface area (Å²) in [5, 5.41) is 2.08. The molecule has 1 heterocycles. The van der Waals surface area contributed by atoms with E-state index in [1.807, 2.05) is 36.4 Å². The number of hydrogen-bond donors (Lipinski definition) is 0. The summed E-state index contributed by atoms with van der Waals surface area (Å²) >= 11 is 0. The molecule has 1 atom stereocenters. The van der Waals surface area contributed by atoms with Crippen LogP contribution in [0.2, 0.25) is 0 Å². The Morgan fingerprint density at radius 3 is 2.61 bits per heavy atom. The molecule has 0 aliphatic heterocycles. The molecule has 116 valence electrons. The van der Waals surface area contributed by atoms with E-state index in [1.165, 1.54) is 19.2 Å². The molecule has 0 saturated heterocycles. The van der Waals surface area contributed by atoms with Crippen molar-refractivity contribution >= 4 is 23.0 Å². The van der Waals surface area contributed by atoms with Crippen LogP contribution in [0.4, 0.5) is 0 Å². The third kappa shape index (κ3) is 3.08. The first-order valence-corrected chi connectivity index (χ1v) is 7.00. The molecule has 5 heteroatoms. The van der Waals surface area contributed by atoms with Gasteiger partial charge in [0.2, 0.25) is 11.9 Å². The molecular weight excluding hydrogens is 296 g/mol. The molecular formula is C18H14O5. The van der Waals surface area contributed by atoms with Gasteiger partial charge in [0.1, 0.15) is 5.75 Å². The summed E-state index contributed by atoms with van der Waals surface area (Å²) in [5.41, 5.74) is 0. The molecule has 0 N–H and O–H groups in total. The maximum absolute atomic E-state index is 11.4. The topological polar surface area (TPSA) is 65.7 Å². The Balaban J connectivity index is 1.84. The number of fused-ring (bicyclic) bond motifs is 1. The molecule has 0 aliphatic rings. The molecule has 3 aromatic rings. The summed E-state index contributed by atoms with van der Waals surface area (Å²) < 4.78 is 15.6. The van der Waals surface area contributed by atoms with Crippen molar-refractivity contribution in [3.63, 3.8) is 0 Å². The molecule has 3 rings (SSSR count). The second-order valence-corrected chi connectivity index (χ2v) is 4.88. The van der Waals surface area contributed by atoms with Gasteiger partial charge in [0.15, 0.2) is 12.0 Å². The highest BCUT2D eigenvalue weighted by Gasteiger charge is 2.20. The van der Waals surface area contributed by atoms with Gasteiger partial charge in [-0.1, -0.05) is 30.3 Å². The van der Waals surface area contributed by atoms with Gasteiger partial charge in [-0.25, -0.2) is 4.79 Å². The van der Waals surface area contributed by atoms with Crippen molar-refractivity contribution in [2.45, 2.75) is 6.10 Å². The first kappa shape index (κ1) is 14.8. The lowest BCUT2D eigenvalue weighted by molar-refractivity contribution is -0.114. The second-order valence-electron chi connectivity index (χ2n) is 4.88. The van der Waals surface area contributed by atoms with Crippen LogP contribution in [0.1, 0.15) is 22.4 Å². The van der Waals surface area contributed by atoms with Crippen molar-refractivity contribution < 1.29 is 23.5 Å². The van der Waals surface area contributed by atoms with Gasteiger partial charge in [0, 0.05) is 0 Å². The lowest BCUT2D eigenvalue weighted by Crippen LogP contribution is -2.08. The van der Waals surface area contributed by atoms with Crippen molar-refractivity contribution in [1.82, 2.24) is 0 Å². The molecule has 0 aliphatic carbocycles. The monoisotopic (exact) mass is 310 g/mol. The molecule has 5 nitrogen and oxygen atoms in total. The van der Waals surface area contributed by atoms with Crippen molar-refractivity contribution in [3.8, 4) is 5.75 Å². The number of benzene rings is 2. The summed E-state index contributed by atoms with van der Waals surface area (Å²) in [6, 6.07) is 16.3. The van der Waals surface area contributed by atoms with E-state index in [0.717, 1.165) is 10.8 Å². The van der Waals surface area contributed by atoms with E-state index < -0.39 is 12.1 Å². The maximum Gasteiger partial charge on any atom is 0.373 e. The summed E-state index contributed by atoms with van der Waals surface area (Å²) in [5.74, 6) is 0.202. The Kier molecular flexibility index (Phi) is 4.10. The molecule has 23 heavy (non-hydrogen) atoms. The average Bonchev–Trinajstić information content (AvgIpc) is 3.08. The Labute approximate surface area is 132 Å². The van der Waals surface area contributed by atoms with Gasteiger partial charge in [0.05, 0.1) is 7.11 Å². The van der Waals surface area contributed by atoms with Crippen LogP contribution in [0.25, 0.3) is 10.8 Å². The van der Waals surface area contributed by atoms with Crippen LogP contribution in [0.5, 0.6) is 5.75 Å². The Hall–Kier alpha value is -3.08. The number of rotatable bonds is 5. The zero-order valence-corrected chi connectivity index (χ0v) is 12.4.